The summed E-state index contributed by atoms with van der Waals surface area (Å²) < 4.78 is 45.8. The predicted octanol–water partition coefficient (Wildman–Crippen LogP) is 4.20. The third kappa shape index (κ3) is 3.10. The number of rotatable bonds is 5. The Morgan fingerprint density at radius 2 is 1.81 bits per heavy atom. The van der Waals surface area contributed by atoms with E-state index in [-0.39, 0.29) is 33.3 Å². The molecule has 1 N–H and O–H groups in total. The highest BCUT2D eigenvalue weighted by Crippen LogP contribution is 2.36. The van der Waals surface area contributed by atoms with Crippen molar-refractivity contribution in [2.24, 2.45) is 0 Å². The molecule has 5 nitrogen and oxygen atoms in total. The molecule has 1 fully saturated rings. The van der Waals surface area contributed by atoms with Gasteiger partial charge >= 0.3 is 0 Å². The van der Waals surface area contributed by atoms with Crippen LogP contribution in [0.3, 0.4) is 0 Å². The van der Waals surface area contributed by atoms with Crippen molar-refractivity contribution in [1.29, 1.82) is 0 Å². The summed E-state index contributed by atoms with van der Waals surface area (Å²) in [6, 6.07) is 12.6. The molecule has 134 valence electrons. The number of halogens is 1. The van der Waals surface area contributed by atoms with Gasteiger partial charge in [0.1, 0.15) is 5.82 Å². The molecule has 0 unspecified atom stereocenters. The molecule has 2 aromatic carbocycles. The number of aryl methyl sites for hydroxylation is 1. The Labute approximate surface area is 150 Å². The van der Waals surface area contributed by atoms with Gasteiger partial charge in [0, 0.05) is 6.04 Å². The second-order valence-electron chi connectivity index (χ2n) is 6.37. The lowest BCUT2D eigenvalue weighted by molar-refractivity contribution is 0.567. The van der Waals surface area contributed by atoms with E-state index in [0.29, 0.717) is 0 Å². The number of hydrogen-bond acceptors (Lipinski definition) is 5. The van der Waals surface area contributed by atoms with Crippen LogP contribution in [-0.2, 0) is 9.84 Å². The number of oxazole rings is 1. The molecule has 0 amide bonds. The Balaban J connectivity index is 1.83. The van der Waals surface area contributed by atoms with Crippen LogP contribution in [0, 0.1) is 12.7 Å². The van der Waals surface area contributed by atoms with Gasteiger partial charge in [-0.3, -0.25) is 0 Å². The molecule has 0 saturated heterocycles. The zero-order chi connectivity index (χ0) is 18.3. The van der Waals surface area contributed by atoms with Gasteiger partial charge in [-0.15, -0.1) is 0 Å². The Hall–Kier alpha value is -2.67. The molecule has 4 rings (SSSR count). The molecule has 0 bridgehead atoms. The predicted molar refractivity (Wildman–Crippen MR) is 95.2 cm³/mol. The molecule has 1 saturated carbocycles. The monoisotopic (exact) mass is 372 g/mol. The highest BCUT2D eigenvalue weighted by molar-refractivity contribution is 7.91. The lowest BCUT2D eigenvalue weighted by Crippen LogP contribution is -2.08. The smallest absolute Gasteiger partial charge is 0.234 e. The van der Waals surface area contributed by atoms with Crippen LogP contribution < -0.4 is 5.32 Å². The van der Waals surface area contributed by atoms with E-state index in [2.05, 4.69) is 10.3 Å². The zero-order valence-electron chi connectivity index (χ0n) is 14.1. The van der Waals surface area contributed by atoms with Gasteiger partial charge in [0.15, 0.2) is 0 Å². The minimum absolute atomic E-state index is 0.0584. The van der Waals surface area contributed by atoms with Gasteiger partial charge in [0.05, 0.1) is 10.5 Å². The first-order valence-electron chi connectivity index (χ1n) is 8.29. The number of benzene rings is 2. The quantitative estimate of drug-likeness (QED) is 0.727. The molecule has 7 heteroatoms. The molecule has 0 spiro atoms. The first kappa shape index (κ1) is 16.8. The third-order valence-corrected chi connectivity index (χ3v) is 5.88. The summed E-state index contributed by atoms with van der Waals surface area (Å²) in [6.45, 7) is 1.88. The molecule has 1 aliphatic rings. The minimum atomic E-state index is -3.89. The van der Waals surface area contributed by atoms with E-state index in [9.17, 15) is 12.8 Å². The average Bonchev–Trinajstić information content (AvgIpc) is 3.32. The fraction of sp³-hybridized carbons (Fsp3) is 0.211. The molecule has 1 heterocycles. The minimum Gasteiger partial charge on any atom is -0.419 e. The van der Waals surface area contributed by atoms with E-state index in [1.54, 1.807) is 24.3 Å². The maximum Gasteiger partial charge on any atom is 0.234 e. The molecule has 0 radical (unpaired) electrons. The van der Waals surface area contributed by atoms with E-state index >= 15 is 0 Å². The van der Waals surface area contributed by atoms with Crippen LogP contribution in [0.25, 0.3) is 11.5 Å². The van der Waals surface area contributed by atoms with Gasteiger partial charge in [0.2, 0.25) is 26.6 Å². The molecule has 0 atom stereocenters. The standard InChI is InChI=1S/C19H17FN2O3S/c1-12-6-10-14(11-7-12)26(23,24)19-18(21-13-8-9-13)25-17(22-19)15-4-2-3-5-16(15)20/h2-7,10-11,13,21H,8-9H2,1H3. The summed E-state index contributed by atoms with van der Waals surface area (Å²) >= 11 is 0. The van der Waals surface area contributed by atoms with Gasteiger partial charge < -0.3 is 9.73 Å². The van der Waals surface area contributed by atoms with Crippen molar-refractivity contribution in [1.82, 2.24) is 4.98 Å². The lowest BCUT2D eigenvalue weighted by Gasteiger charge is -2.05. The van der Waals surface area contributed by atoms with Crippen molar-refractivity contribution in [3.05, 3.63) is 59.9 Å². The van der Waals surface area contributed by atoms with Gasteiger partial charge in [-0.2, -0.15) is 4.98 Å². The van der Waals surface area contributed by atoms with Crippen molar-refractivity contribution >= 4 is 15.7 Å². The number of anilines is 1. The van der Waals surface area contributed by atoms with Crippen LogP contribution >= 0.6 is 0 Å². The Morgan fingerprint density at radius 1 is 1.12 bits per heavy atom. The summed E-state index contributed by atoms with van der Waals surface area (Å²) in [4.78, 5) is 4.26. The summed E-state index contributed by atoms with van der Waals surface area (Å²) in [7, 11) is -3.89. The second-order valence-corrected chi connectivity index (χ2v) is 8.23. The zero-order valence-corrected chi connectivity index (χ0v) is 14.9. The molecule has 1 aromatic heterocycles. The van der Waals surface area contributed by atoms with Crippen molar-refractivity contribution in [3.63, 3.8) is 0 Å². The average molecular weight is 372 g/mol. The molecule has 0 aliphatic heterocycles. The van der Waals surface area contributed by atoms with E-state index in [1.807, 2.05) is 6.92 Å². The maximum atomic E-state index is 14.1. The summed E-state index contributed by atoms with van der Waals surface area (Å²) in [6.07, 6.45) is 1.86. The Morgan fingerprint density at radius 3 is 2.46 bits per heavy atom. The van der Waals surface area contributed by atoms with Crippen LogP contribution in [0.15, 0.2) is 62.9 Å². The summed E-state index contributed by atoms with van der Waals surface area (Å²) in [5.74, 6) is -0.519. The fourth-order valence-electron chi connectivity index (χ4n) is 2.57. The van der Waals surface area contributed by atoms with Crippen LogP contribution in [0.2, 0.25) is 0 Å². The van der Waals surface area contributed by atoms with Crippen LogP contribution in [0.4, 0.5) is 10.3 Å². The van der Waals surface area contributed by atoms with Crippen molar-refractivity contribution in [2.75, 3.05) is 5.32 Å². The molecule has 3 aromatic rings. The molecular formula is C19H17FN2O3S. The van der Waals surface area contributed by atoms with Crippen LogP contribution in [0.1, 0.15) is 18.4 Å². The van der Waals surface area contributed by atoms with Gasteiger partial charge in [-0.1, -0.05) is 29.8 Å². The molecular weight excluding hydrogens is 355 g/mol. The van der Waals surface area contributed by atoms with Crippen molar-refractivity contribution < 1.29 is 17.2 Å². The summed E-state index contributed by atoms with van der Waals surface area (Å²) in [5, 5.41) is 2.83. The maximum absolute atomic E-state index is 14.1. The summed E-state index contributed by atoms with van der Waals surface area (Å²) in [5.41, 5.74) is 1.07. The lowest BCUT2D eigenvalue weighted by atomic mass is 10.2. The highest BCUT2D eigenvalue weighted by atomic mass is 32.2. The second kappa shape index (κ2) is 6.25. The first-order chi connectivity index (χ1) is 12.4. The Kier molecular flexibility index (Phi) is 4.03. The fourth-order valence-corrected chi connectivity index (χ4v) is 3.84. The number of nitrogens with one attached hydrogen (secondary N) is 1. The molecule has 26 heavy (non-hydrogen) atoms. The number of sulfone groups is 1. The Bertz CT molecular complexity index is 1050. The van der Waals surface area contributed by atoms with Crippen LogP contribution in [-0.4, -0.2) is 19.4 Å². The normalized spacial score (nSPS) is 14.4. The van der Waals surface area contributed by atoms with E-state index in [1.165, 1.54) is 24.3 Å². The topological polar surface area (TPSA) is 72.2 Å². The van der Waals surface area contributed by atoms with Crippen molar-refractivity contribution in [3.8, 4) is 11.5 Å². The van der Waals surface area contributed by atoms with E-state index in [0.717, 1.165) is 18.4 Å². The third-order valence-electron chi connectivity index (χ3n) is 4.20. The number of hydrogen-bond donors (Lipinski definition) is 1. The van der Waals surface area contributed by atoms with E-state index < -0.39 is 15.7 Å². The first-order valence-corrected chi connectivity index (χ1v) is 9.77. The molecule has 1 aliphatic carbocycles. The van der Waals surface area contributed by atoms with Gasteiger partial charge in [-0.25, -0.2) is 12.8 Å². The van der Waals surface area contributed by atoms with Crippen molar-refractivity contribution in [2.45, 2.75) is 35.7 Å². The van der Waals surface area contributed by atoms with Crippen LogP contribution in [0.5, 0.6) is 0 Å². The van der Waals surface area contributed by atoms with Gasteiger partial charge in [0.25, 0.3) is 0 Å². The SMILES string of the molecule is Cc1ccc(S(=O)(=O)c2nc(-c3ccccc3F)oc2NC2CC2)cc1. The largest absolute Gasteiger partial charge is 0.419 e. The highest BCUT2D eigenvalue weighted by Gasteiger charge is 2.32. The number of aromatic nitrogens is 1. The number of nitrogens with zero attached hydrogens (tertiary/aromatic N) is 1. The van der Waals surface area contributed by atoms with Gasteiger partial charge in [-0.05, 0) is 44.0 Å². The van der Waals surface area contributed by atoms with E-state index in [4.69, 9.17) is 4.42 Å².